The minimum atomic E-state index is -0.581. The molecule has 2 rings (SSSR count). The minimum absolute atomic E-state index is 0.0274. The average Bonchev–Trinajstić information content (AvgIpc) is 2.97. The largest absolute Gasteiger partial charge is 0.375 e. The summed E-state index contributed by atoms with van der Waals surface area (Å²) in [6, 6.07) is 5.72. The molecule has 0 atom stereocenters. The maximum Gasteiger partial charge on any atom is 0.254 e. The maximum atomic E-state index is 13.4. The lowest BCUT2D eigenvalue weighted by Crippen LogP contribution is -2.31. The SMILES string of the molecule is Nc1nc(CCCNC(=O)CCNC(=O)c2ccccc2F)cs1. The van der Waals surface area contributed by atoms with Crippen molar-refractivity contribution in [1.29, 1.82) is 0 Å². The molecule has 0 radical (unpaired) electrons. The van der Waals surface area contributed by atoms with E-state index in [0.717, 1.165) is 18.5 Å². The molecule has 0 unspecified atom stereocenters. The van der Waals surface area contributed by atoms with E-state index in [1.165, 1.54) is 29.5 Å². The van der Waals surface area contributed by atoms with E-state index >= 15 is 0 Å². The van der Waals surface area contributed by atoms with Crippen LogP contribution in [0, 0.1) is 5.82 Å². The van der Waals surface area contributed by atoms with Gasteiger partial charge < -0.3 is 16.4 Å². The number of halogens is 1. The second kappa shape index (κ2) is 8.97. The van der Waals surface area contributed by atoms with Crippen molar-refractivity contribution in [2.75, 3.05) is 18.8 Å². The third kappa shape index (κ3) is 5.62. The van der Waals surface area contributed by atoms with Crippen LogP contribution in [0.5, 0.6) is 0 Å². The van der Waals surface area contributed by atoms with Gasteiger partial charge in [0.05, 0.1) is 11.3 Å². The number of benzene rings is 1. The van der Waals surface area contributed by atoms with E-state index in [1.807, 2.05) is 5.38 Å². The monoisotopic (exact) mass is 350 g/mol. The smallest absolute Gasteiger partial charge is 0.254 e. The lowest BCUT2D eigenvalue weighted by molar-refractivity contribution is -0.120. The molecular weight excluding hydrogens is 331 g/mol. The first-order valence-corrected chi connectivity index (χ1v) is 8.43. The first kappa shape index (κ1) is 17.9. The highest BCUT2D eigenvalue weighted by atomic mass is 32.1. The molecule has 4 N–H and O–H groups in total. The summed E-state index contributed by atoms with van der Waals surface area (Å²) in [6.07, 6.45) is 1.65. The number of nitrogens with one attached hydrogen (secondary N) is 2. The number of aryl methyl sites for hydroxylation is 1. The van der Waals surface area contributed by atoms with Crippen molar-refractivity contribution in [2.45, 2.75) is 19.3 Å². The summed E-state index contributed by atoms with van der Waals surface area (Å²) in [4.78, 5) is 27.6. The molecule has 0 bridgehead atoms. The van der Waals surface area contributed by atoms with Gasteiger partial charge in [-0.2, -0.15) is 0 Å². The molecule has 1 aromatic carbocycles. The van der Waals surface area contributed by atoms with Crippen molar-refractivity contribution in [3.63, 3.8) is 0 Å². The second-order valence-corrected chi connectivity index (χ2v) is 6.01. The Morgan fingerprint density at radius 3 is 2.71 bits per heavy atom. The lowest BCUT2D eigenvalue weighted by Gasteiger charge is -2.07. The molecule has 0 saturated carbocycles. The van der Waals surface area contributed by atoms with Crippen LogP contribution in [0.15, 0.2) is 29.6 Å². The highest BCUT2D eigenvalue weighted by Crippen LogP contribution is 2.12. The van der Waals surface area contributed by atoms with Crippen LogP contribution in [0.25, 0.3) is 0 Å². The van der Waals surface area contributed by atoms with E-state index in [4.69, 9.17) is 5.73 Å². The first-order chi connectivity index (χ1) is 11.6. The molecule has 8 heteroatoms. The molecule has 0 aliphatic rings. The van der Waals surface area contributed by atoms with Gasteiger partial charge in [0.1, 0.15) is 5.82 Å². The molecule has 24 heavy (non-hydrogen) atoms. The molecule has 2 aromatic rings. The second-order valence-electron chi connectivity index (χ2n) is 5.12. The van der Waals surface area contributed by atoms with Gasteiger partial charge in [-0.15, -0.1) is 11.3 Å². The van der Waals surface area contributed by atoms with Crippen molar-refractivity contribution in [1.82, 2.24) is 15.6 Å². The van der Waals surface area contributed by atoms with Gasteiger partial charge >= 0.3 is 0 Å². The zero-order chi connectivity index (χ0) is 17.4. The molecular formula is C16H19FN4O2S. The van der Waals surface area contributed by atoms with Gasteiger partial charge in [-0.3, -0.25) is 9.59 Å². The van der Waals surface area contributed by atoms with Gasteiger partial charge in [0.2, 0.25) is 5.91 Å². The van der Waals surface area contributed by atoms with E-state index in [0.29, 0.717) is 11.7 Å². The van der Waals surface area contributed by atoms with Gasteiger partial charge in [-0.1, -0.05) is 12.1 Å². The molecule has 1 aromatic heterocycles. The van der Waals surface area contributed by atoms with Crippen molar-refractivity contribution in [3.05, 3.63) is 46.7 Å². The fourth-order valence-corrected chi connectivity index (χ4v) is 2.65. The Bertz CT molecular complexity index is 705. The summed E-state index contributed by atoms with van der Waals surface area (Å²) in [6.45, 7) is 0.680. The summed E-state index contributed by atoms with van der Waals surface area (Å²) < 4.78 is 13.4. The summed E-state index contributed by atoms with van der Waals surface area (Å²) in [5.41, 5.74) is 6.43. The van der Waals surface area contributed by atoms with Gasteiger partial charge in [-0.05, 0) is 25.0 Å². The number of hydrogen-bond donors (Lipinski definition) is 3. The Labute approximate surface area is 143 Å². The van der Waals surface area contributed by atoms with Crippen LogP contribution in [-0.2, 0) is 11.2 Å². The minimum Gasteiger partial charge on any atom is -0.375 e. The molecule has 0 saturated heterocycles. The molecule has 128 valence electrons. The van der Waals surface area contributed by atoms with E-state index in [9.17, 15) is 14.0 Å². The molecule has 1 heterocycles. The van der Waals surface area contributed by atoms with E-state index < -0.39 is 11.7 Å². The van der Waals surface area contributed by atoms with E-state index in [1.54, 1.807) is 6.07 Å². The zero-order valence-corrected chi connectivity index (χ0v) is 13.9. The number of thiazole rings is 1. The third-order valence-electron chi connectivity index (χ3n) is 3.26. The molecule has 6 nitrogen and oxygen atoms in total. The number of hydrogen-bond acceptors (Lipinski definition) is 5. The van der Waals surface area contributed by atoms with Gasteiger partial charge in [-0.25, -0.2) is 9.37 Å². The third-order valence-corrected chi connectivity index (χ3v) is 3.98. The molecule has 0 fully saturated rings. The average molecular weight is 350 g/mol. The summed E-state index contributed by atoms with van der Waals surface area (Å²) in [5, 5.41) is 7.73. The van der Waals surface area contributed by atoms with E-state index in [-0.39, 0.29) is 24.4 Å². The fourth-order valence-electron chi connectivity index (χ4n) is 2.05. The Balaban J connectivity index is 1.59. The highest BCUT2D eigenvalue weighted by Gasteiger charge is 2.10. The highest BCUT2D eigenvalue weighted by molar-refractivity contribution is 7.13. The number of nitrogens with zero attached hydrogens (tertiary/aromatic N) is 1. The van der Waals surface area contributed by atoms with Crippen molar-refractivity contribution >= 4 is 28.3 Å². The summed E-state index contributed by atoms with van der Waals surface area (Å²) in [5.74, 6) is -1.27. The Morgan fingerprint density at radius 1 is 1.21 bits per heavy atom. The van der Waals surface area contributed by atoms with Crippen molar-refractivity contribution in [2.24, 2.45) is 0 Å². The van der Waals surface area contributed by atoms with Gasteiger partial charge in [0.25, 0.3) is 5.91 Å². The van der Waals surface area contributed by atoms with Crippen LogP contribution in [0.4, 0.5) is 9.52 Å². The first-order valence-electron chi connectivity index (χ1n) is 7.55. The predicted molar refractivity (Wildman–Crippen MR) is 91.2 cm³/mol. The van der Waals surface area contributed by atoms with Crippen LogP contribution in [0.2, 0.25) is 0 Å². The zero-order valence-electron chi connectivity index (χ0n) is 13.0. The Morgan fingerprint density at radius 2 is 2.00 bits per heavy atom. The van der Waals surface area contributed by atoms with Crippen molar-refractivity contribution < 1.29 is 14.0 Å². The Hall–Kier alpha value is -2.48. The van der Waals surface area contributed by atoms with Crippen LogP contribution in [0.3, 0.4) is 0 Å². The van der Waals surface area contributed by atoms with Gasteiger partial charge in [0.15, 0.2) is 5.13 Å². The standard InChI is InChI=1S/C16H19FN4O2S/c17-13-6-2-1-5-12(13)15(23)20-9-7-14(22)19-8-3-4-11-10-24-16(18)21-11/h1-2,5-6,10H,3-4,7-9H2,(H2,18,21)(H,19,22)(H,20,23). The topological polar surface area (TPSA) is 97.1 Å². The van der Waals surface area contributed by atoms with Crippen molar-refractivity contribution in [3.8, 4) is 0 Å². The number of anilines is 1. The number of amides is 2. The van der Waals surface area contributed by atoms with Crippen LogP contribution < -0.4 is 16.4 Å². The molecule has 0 spiro atoms. The number of rotatable bonds is 8. The number of aromatic nitrogens is 1. The van der Waals surface area contributed by atoms with Crippen LogP contribution >= 0.6 is 11.3 Å². The Kier molecular flexibility index (Phi) is 6.68. The quantitative estimate of drug-likeness (QED) is 0.632. The molecule has 0 aliphatic heterocycles. The molecule has 0 aliphatic carbocycles. The summed E-state index contributed by atoms with van der Waals surface area (Å²) in [7, 11) is 0. The van der Waals surface area contributed by atoms with Crippen LogP contribution in [-0.4, -0.2) is 29.9 Å². The number of carbonyl (C=O) groups excluding carboxylic acids is 2. The number of nitrogen functional groups attached to an aromatic ring is 1. The molecule has 2 amide bonds. The van der Waals surface area contributed by atoms with Gasteiger partial charge in [0, 0.05) is 24.9 Å². The lowest BCUT2D eigenvalue weighted by atomic mass is 10.2. The summed E-state index contributed by atoms with van der Waals surface area (Å²) >= 11 is 1.39. The predicted octanol–water partition coefficient (Wildman–Crippen LogP) is 1.73. The fraction of sp³-hybridized carbons (Fsp3) is 0.312. The normalized spacial score (nSPS) is 10.4. The maximum absolute atomic E-state index is 13.4. The number of carbonyl (C=O) groups is 2. The van der Waals surface area contributed by atoms with Crippen LogP contribution in [0.1, 0.15) is 28.9 Å². The van der Waals surface area contributed by atoms with E-state index in [2.05, 4.69) is 15.6 Å². The number of nitrogens with two attached hydrogens (primary N) is 1.